The number of nitrogens with one attached hydrogen (secondary N) is 3. The molecule has 3 N–H and O–H groups in total. The van der Waals surface area contributed by atoms with Gasteiger partial charge in [0.25, 0.3) is 0 Å². The van der Waals surface area contributed by atoms with Crippen molar-refractivity contribution in [2.45, 2.75) is 25.1 Å². The number of benzene rings is 2. The summed E-state index contributed by atoms with van der Waals surface area (Å²) >= 11 is 2.62. The third kappa shape index (κ3) is 7.65. The summed E-state index contributed by atoms with van der Waals surface area (Å²) in [5.74, 6) is 1.08. The first-order valence-electron chi connectivity index (χ1n) is 10.3. The number of anilines is 4. The maximum atomic E-state index is 12.5. The van der Waals surface area contributed by atoms with Crippen molar-refractivity contribution in [1.82, 2.24) is 10.2 Å². The van der Waals surface area contributed by atoms with Crippen LogP contribution in [0.1, 0.15) is 20.8 Å². The highest BCUT2D eigenvalue weighted by Gasteiger charge is 2.12. The number of rotatable bonds is 11. The molecule has 0 saturated carbocycles. The third-order valence-electron chi connectivity index (χ3n) is 4.00. The van der Waals surface area contributed by atoms with Crippen LogP contribution in [0, 0.1) is 0 Å². The van der Waals surface area contributed by atoms with Crippen molar-refractivity contribution < 1.29 is 19.1 Å². The van der Waals surface area contributed by atoms with Gasteiger partial charge >= 0.3 is 0 Å². The molecule has 0 radical (unpaired) electrons. The van der Waals surface area contributed by atoms with Crippen LogP contribution >= 0.6 is 23.1 Å². The van der Waals surface area contributed by atoms with Gasteiger partial charge in [-0.15, -0.1) is 10.2 Å². The first-order valence-corrected chi connectivity index (χ1v) is 12.1. The molecule has 11 heteroatoms. The predicted molar refractivity (Wildman–Crippen MR) is 132 cm³/mol. The van der Waals surface area contributed by atoms with E-state index >= 15 is 0 Å². The number of nitrogens with zero attached hydrogens (tertiary/aromatic N) is 2. The van der Waals surface area contributed by atoms with Crippen LogP contribution in [0.25, 0.3) is 0 Å². The van der Waals surface area contributed by atoms with Crippen LogP contribution in [0.3, 0.4) is 0 Å². The highest BCUT2D eigenvalue weighted by Crippen LogP contribution is 2.31. The Balaban J connectivity index is 1.57. The molecule has 9 nitrogen and oxygen atoms in total. The SMILES string of the molecule is CCOc1ccc(OCC)c(NC(=O)CSc2nnc(Nc3cccc(NC(C)=O)c3)s2)c1. The van der Waals surface area contributed by atoms with Gasteiger partial charge in [0.1, 0.15) is 11.5 Å². The van der Waals surface area contributed by atoms with Crippen molar-refractivity contribution in [3.63, 3.8) is 0 Å². The molecule has 1 aromatic heterocycles. The molecule has 0 spiro atoms. The van der Waals surface area contributed by atoms with Gasteiger partial charge in [-0.05, 0) is 44.2 Å². The fraction of sp³-hybridized carbons (Fsp3) is 0.273. The first kappa shape index (κ1) is 24.3. The molecule has 0 atom stereocenters. The molecule has 2 aromatic carbocycles. The smallest absolute Gasteiger partial charge is 0.234 e. The summed E-state index contributed by atoms with van der Waals surface area (Å²) in [5.41, 5.74) is 2.01. The summed E-state index contributed by atoms with van der Waals surface area (Å²) in [6, 6.07) is 12.6. The average molecular weight is 488 g/mol. The van der Waals surface area contributed by atoms with E-state index in [2.05, 4.69) is 26.1 Å². The van der Waals surface area contributed by atoms with Crippen molar-refractivity contribution in [2.75, 3.05) is 34.9 Å². The number of carbonyl (C=O) groups excluding carboxylic acids is 2. The number of hydrogen-bond donors (Lipinski definition) is 3. The van der Waals surface area contributed by atoms with Gasteiger partial charge in [-0.1, -0.05) is 29.2 Å². The van der Waals surface area contributed by atoms with Gasteiger partial charge < -0.3 is 25.4 Å². The van der Waals surface area contributed by atoms with Crippen molar-refractivity contribution in [3.05, 3.63) is 42.5 Å². The summed E-state index contributed by atoms with van der Waals surface area (Å²) in [5, 5.41) is 17.6. The zero-order valence-corrected chi connectivity index (χ0v) is 20.1. The van der Waals surface area contributed by atoms with Crippen LogP contribution < -0.4 is 25.4 Å². The number of thioether (sulfide) groups is 1. The second-order valence-electron chi connectivity index (χ2n) is 6.62. The Morgan fingerprint density at radius 2 is 1.79 bits per heavy atom. The lowest BCUT2D eigenvalue weighted by Gasteiger charge is -2.13. The van der Waals surface area contributed by atoms with Crippen LogP contribution in [-0.4, -0.2) is 41.0 Å². The van der Waals surface area contributed by atoms with Crippen molar-refractivity contribution in [1.29, 1.82) is 0 Å². The Hall–Kier alpha value is -3.31. The van der Waals surface area contributed by atoms with E-state index in [-0.39, 0.29) is 17.6 Å². The van der Waals surface area contributed by atoms with Gasteiger partial charge in [0.2, 0.25) is 16.9 Å². The molecule has 0 aliphatic rings. The minimum atomic E-state index is -0.192. The number of amides is 2. The van der Waals surface area contributed by atoms with E-state index in [0.29, 0.717) is 45.6 Å². The molecule has 3 rings (SSSR count). The number of aromatic nitrogens is 2. The second kappa shape index (κ2) is 12.1. The zero-order chi connectivity index (χ0) is 23.6. The van der Waals surface area contributed by atoms with Crippen LogP contribution in [0.15, 0.2) is 46.8 Å². The van der Waals surface area contributed by atoms with Crippen LogP contribution in [0.5, 0.6) is 11.5 Å². The largest absolute Gasteiger partial charge is 0.494 e. The van der Waals surface area contributed by atoms with E-state index in [1.54, 1.807) is 30.3 Å². The van der Waals surface area contributed by atoms with E-state index < -0.39 is 0 Å². The summed E-state index contributed by atoms with van der Waals surface area (Å²) in [6.45, 7) is 6.26. The van der Waals surface area contributed by atoms with Gasteiger partial charge in [0, 0.05) is 24.4 Å². The molecule has 1 heterocycles. The second-order valence-corrected chi connectivity index (χ2v) is 8.82. The lowest BCUT2D eigenvalue weighted by atomic mass is 10.2. The van der Waals surface area contributed by atoms with Gasteiger partial charge in [-0.25, -0.2) is 0 Å². The number of carbonyl (C=O) groups is 2. The Labute approximate surface area is 200 Å². The van der Waals surface area contributed by atoms with Crippen LogP contribution in [0.2, 0.25) is 0 Å². The van der Waals surface area contributed by atoms with E-state index in [1.165, 1.54) is 30.0 Å². The summed E-state index contributed by atoms with van der Waals surface area (Å²) in [7, 11) is 0. The average Bonchev–Trinajstić information content (AvgIpc) is 3.21. The fourth-order valence-corrected chi connectivity index (χ4v) is 4.35. The molecule has 0 unspecified atom stereocenters. The molecule has 0 fully saturated rings. The molecule has 0 aliphatic heterocycles. The Kier molecular flexibility index (Phi) is 8.90. The van der Waals surface area contributed by atoms with E-state index in [1.807, 2.05) is 26.0 Å². The minimum Gasteiger partial charge on any atom is -0.494 e. The lowest BCUT2D eigenvalue weighted by molar-refractivity contribution is -0.114. The van der Waals surface area contributed by atoms with Gasteiger partial charge in [-0.2, -0.15) is 0 Å². The van der Waals surface area contributed by atoms with E-state index in [0.717, 1.165) is 5.69 Å². The van der Waals surface area contributed by atoms with Gasteiger partial charge in [0.15, 0.2) is 4.34 Å². The maximum absolute atomic E-state index is 12.5. The van der Waals surface area contributed by atoms with E-state index in [9.17, 15) is 9.59 Å². The first-order chi connectivity index (χ1) is 16.0. The van der Waals surface area contributed by atoms with Crippen molar-refractivity contribution >= 4 is 57.1 Å². The molecular formula is C22H25N5O4S2. The quantitative estimate of drug-likeness (QED) is 0.332. The highest BCUT2D eigenvalue weighted by molar-refractivity contribution is 8.01. The van der Waals surface area contributed by atoms with Gasteiger partial charge in [0.05, 0.1) is 24.7 Å². The Bertz CT molecular complexity index is 1110. The standard InChI is InChI=1S/C22H25N5O4S2/c1-4-30-17-9-10-19(31-5-2)18(12-17)25-20(29)13-32-22-27-26-21(33-22)24-16-8-6-7-15(11-16)23-14(3)28/h6-12H,4-5,13H2,1-3H3,(H,23,28)(H,24,26)(H,25,29). The predicted octanol–water partition coefficient (Wildman–Crippen LogP) is 4.77. The summed E-state index contributed by atoms with van der Waals surface area (Å²) in [6.07, 6.45) is 0. The fourth-order valence-electron chi connectivity index (χ4n) is 2.78. The van der Waals surface area contributed by atoms with Crippen molar-refractivity contribution in [2.24, 2.45) is 0 Å². The minimum absolute atomic E-state index is 0.141. The maximum Gasteiger partial charge on any atom is 0.234 e. The number of hydrogen-bond acceptors (Lipinski definition) is 9. The molecule has 0 bridgehead atoms. The Morgan fingerprint density at radius 3 is 2.55 bits per heavy atom. The molecular weight excluding hydrogens is 462 g/mol. The zero-order valence-electron chi connectivity index (χ0n) is 18.5. The summed E-state index contributed by atoms with van der Waals surface area (Å²) < 4.78 is 11.8. The van der Waals surface area contributed by atoms with Crippen molar-refractivity contribution in [3.8, 4) is 11.5 Å². The molecule has 33 heavy (non-hydrogen) atoms. The molecule has 0 aliphatic carbocycles. The lowest BCUT2D eigenvalue weighted by Crippen LogP contribution is -2.15. The van der Waals surface area contributed by atoms with Crippen LogP contribution in [-0.2, 0) is 9.59 Å². The Morgan fingerprint density at radius 1 is 1.00 bits per heavy atom. The topological polar surface area (TPSA) is 114 Å². The normalized spacial score (nSPS) is 10.4. The summed E-state index contributed by atoms with van der Waals surface area (Å²) in [4.78, 5) is 23.7. The van der Waals surface area contributed by atoms with Crippen LogP contribution in [0.4, 0.5) is 22.2 Å². The molecule has 3 aromatic rings. The number of ether oxygens (including phenoxy) is 2. The molecule has 174 valence electrons. The van der Waals surface area contributed by atoms with Gasteiger partial charge in [-0.3, -0.25) is 9.59 Å². The molecule has 0 saturated heterocycles. The highest BCUT2D eigenvalue weighted by atomic mass is 32.2. The third-order valence-corrected chi connectivity index (χ3v) is 5.98. The monoisotopic (exact) mass is 487 g/mol. The molecule has 2 amide bonds. The van der Waals surface area contributed by atoms with E-state index in [4.69, 9.17) is 9.47 Å².